The molecule has 142 valence electrons. The average Bonchev–Trinajstić information content (AvgIpc) is 2.70. The molecule has 1 fully saturated rings. The lowest BCUT2D eigenvalue weighted by molar-refractivity contribution is 0.0566. The lowest BCUT2D eigenvalue weighted by Gasteiger charge is -2.33. The first-order valence-electron chi connectivity index (χ1n) is 8.63. The van der Waals surface area contributed by atoms with Crippen molar-refractivity contribution in [3.05, 3.63) is 47.2 Å². The molecule has 8 nitrogen and oxygen atoms in total. The zero-order valence-electron chi connectivity index (χ0n) is 14.9. The van der Waals surface area contributed by atoms with E-state index in [1.807, 2.05) is 0 Å². The smallest absolute Gasteiger partial charge is 0.409 e. The molecule has 0 radical (unpaired) electrons. The zero-order chi connectivity index (χ0) is 19.2. The molecular formula is C18H20ClN5O3. The van der Waals surface area contributed by atoms with Gasteiger partial charge < -0.3 is 19.9 Å². The molecule has 3 rings (SSSR count). The SMILES string of the molecule is CCOC(=O)N1CCN(C(=O)c2ccnc(Nc3ccc(Cl)cc3)n2)CC1. The van der Waals surface area contributed by atoms with Gasteiger partial charge in [-0.25, -0.2) is 14.8 Å². The van der Waals surface area contributed by atoms with Gasteiger partial charge in [0.15, 0.2) is 0 Å². The van der Waals surface area contributed by atoms with Gasteiger partial charge in [0, 0.05) is 43.1 Å². The van der Waals surface area contributed by atoms with E-state index in [9.17, 15) is 9.59 Å². The highest BCUT2D eigenvalue weighted by molar-refractivity contribution is 6.30. The first-order valence-corrected chi connectivity index (χ1v) is 9.01. The summed E-state index contributed by atoms with van der Waals surface area (Å²) in [7, 11) is 0. The predicted octanol–water partition coefficient (Wildman–Crippen LogP) is 2.79. The molecule has 1 aromatic carbocycles. The number of carbonyl (C=O) groups excluding carboxylic acids is 2. The number of aromatic nitrogens is 2. The molecule has 0 aliphatic carbocycles. The van der Waals surface area contributed by atoms with Crippen molar-refractivity contribution in [1.82, 2.24) is 19.8 Å². The van der Waals surface area contributed by atoms with Gasteiger partial charge >= 0.3 is 6.09 Å². The number of carbonyl (C=O) groups is 2. The molecule has 2 amide bonds. The fraction of sp³-hybridized carbons (Fsp3) is 0.333. The van der Waals surface area contributed by atoms with Crippen LogP contribution in [0.2, 0.25) is 5.02 Å². The Morgan fingerprint density at radius 2 is 1.78 bits per heavy atom. The Morgan fingerprint density at radius 1 is 1.11 bits per heavy atom. The number of piperazine rings is 1. The molecule has 1 saturated heterocycles. The van der Waals surface area contributed by atoms with Gasteiger partial charge in [0.1, 0.15) is 5.69 Å². The van der Waals surface area contributed by atoms with E-state index in [0.29, 0.717) is 49.5 Å². The summed E-state index contributed by atoms with van der Waals surface area (Å²) in [5, 5.41) is 3.68. The van der Waals surface area contributed by atoms with Gasteiger partial charge in [-0.3, -0.25) is 4.79 Å². The Bertz CT molecular complexity index is 807. The summed E-state index contributed by atoms with van der Waals surface area (Å²) in [6.07, 6.45) is 1.19. The van der Waals surface area contributed by atoms with Crippen molar-refractivity contribution in [1.29, 1.82) is 0 Å². The van der Waals surface area contributed by atoms with Gasteiger partial charge in [-0.2, -0.15) is 0 Å². The number of amides is 2. The van der Waals surface area contributed by atoms with E-state index in [2.05, 4.69) is 15.3 Å². The maximum atomic E-state index is 12.7. The first-order chi connectivity index (χ1) is 13.1. The van der Waals surface area contributed by atoms with E-state index in [0.717, 1.165) is 5.69 Å². The van der Waals surface area contributed by atoms with Crippen LogP contribution in [0.15, 0.2) is 36.5 Å². The van der Waals surface area contributed by atoms with Crippen LogP contribution in [0, 0.1) is 0 Å². The number of nitrogens with one attached hydrogen (secondary N) is 1. The lowest BCUT2D eigenvalue weighted by Crippen LogP contribution is -2.50. The molecule has 1 aliphatic heterocycles. The number of halogens is 1. The number of benzene rings is 1. The second-order valence-corrected chi connectivity index (χ2v) is 6.31. The van der Waals surface area contributed by atoms with Crippen molar-refractivity contribution in [2.45, 2.75) is 6.92 Å². The van der Waals surface area contributed by atoms with Crippen molar-refractivity contribution in [3.8, 4) is 0 Å². The monoisotopic (exact) mass is 389 g/mol. The molecule has 0 saturated carbocycles. The van der Waals surface area contributed by atoms with Gasteiger partial charge in [0.2, 0.25) is 5.95 Å². The summed E-state index contributed by atoms with van der Waals surface area (Å²) in [6.45, 7) is 3.84. The zero-order valence-corrected chi connectivity index (χ0v) is 15.6. The Labute approximate surface area is 162 Å². The summed E-state index contributed by atoms with van der Waals surface area (Å²) >= 11 is 5.87. The van der Waals surface area contributed by atoms with E-state index < -0.39 is 0 Å². The molecule has 1 aliphatic rings. The molecule has 2 aromatic rings. The molecule has 0 unspecified atom stereocenters. The van der Waals surface area contributed by atoms with Crippen LogP contribution >= 0.6 is 11.6 Å². The standard InChI is InChI=1S/C18H20ClN5O3/c1-2-27-18(26)24-11-9-23(10-12-24)16(25)15-7-8-20-17(22-15)21-14-5-3-13(19)4-6-14/h3-8H,2,9-12H2,1H3,(H,20,21,22). The molecule has 27 heavy (non-hydrogen) atoms. The fourth-order valence-corrected chi connectivity index (χ4v) is 2.80. The molecule has 1 aromatic heterocycles. The van der Waals surface area contributed by atoms with Crippen LogP contribution in [0.4, 0.5) is 16.4 Å². The Morgan fingerprint density at radius 3 is 2.44 bits per heavy atom. The van der Waals surface area contributed by atoms with Gasteiger partial charge in [0.05, 0.1) is 6.61 Å². The number of ether oxygens (including phenoxy) is 1. The van der Waals surface area contributed by atoms with E-state index >= 15 is 0 Å². The predicted molar refractivity (Wildman–Crippen MR) is 101 cm³/mol. The van der Waals surface area contributed by atoms with E-state index in [1.165, 1.54) is 6.20 Å². The molecule has 0 bridgehead atoms. The lowest BCUT2D eigenvalue weighted by atomic mass is 10.3. The van der Waals surface area contributed by atoms with Crippen LogP contribution in [0.3, 0.4) is 0 Å². The highest BCUT2D eigenvalue weighted by Crippen LogP contribution is 2.17. The second-order valence-electron chi connectivity index (χ2n) is 5.88. The molecular weight excluding hydrogens is 370 g/mol. The third-order valence-electron chi connectivity index (χ3n) is 4.07. The van der Waals surface area contributed by atoms with Crippen molar-refractivity contribution >= 4 is 35.2 Å². The minimum Gasteiger partial charge on any atom is -0.450 e. The maximum Gasteiger partial charge on any atom is 0.409 e. The number of rotatable bonds is 4. The second kappa shape index (κ2) is 8.68. The van der Waals surface area contributed by atoms with Crippen molar-refractivity contribution in [3.63, 3.8) is 0 Å². The quantitative estimate of drug-likeness (QED) is 0.865. The van der Waals surface area contributed by atoms with Crippen LogP contribution in [0.1, 0.15) is 17.4 Å². The van der Waals surface area contributed by atoms with Crippen molar-refractivity contribution < 1.29 is 14.3 Å². The summed E-state index contributed by atoms with van der Waals surface area (Å²) < 4.78 is 4.99. The number of hydrogen-bond acceptors (Lipinski definition) is 6. The number of hydrogen-bond donors (Lipinski definition) is 1. The Hall–Kier alpha value is -2.87. The normalized spacial score (nSPS) is 14.0. The molecule has 0 spiro atoms. The van der Waals surface area contributed by atoms with Crippen LogP contribution in [0.25, 0.3) is 0 Å². The van der Waals surface area contributed by atoms with Crippen molar-refractivity contribution in [2.24, 2.45) is 0 Å². The Kier molecular flexibility index (Phi) is 6.08. The number of nitrogens with zero attached hydrogens (tertiary/aromatic N) is 4. The average molecular weight is 390 g/mol. The van der Waals surface area contributed by atoms with Crippen LogP contribution < -0.4 is 5.32 Å². The molecule has 0 atom stereocenters. The summed E-state index contributed by atoms with van der Waals surface area (Å²) in [5.74, 6) is 0.133. The highest BCUT2D eigenvalue weighted by Gasteiger charge is 2.26. The summed E-state index contributed by atoms with van der Waals surface area (Å²) in [5.41, 5.74) is 1.07. The fourth-order valence-electron chi connectivity index (χ4n) is 2.67. The molecule has 1 N–H and O–H groups in total. The van der Waals surface area contributed by atoms with Crippen LogP contribution in [-0.2, 0) is 4.74 Å². The largest absolute Gasteiger partial charge is 0.450 e. The van der Waals surface area contributed by atoms with Crippen LogP contribution in [0.5, 0.6) is 0 Å². The summed E-state index contributed by atoms with van der Waals surface area (Å²) in [6, 6.07) is 8.68. The minimum atomic E-state index is -0.346. The Balaban J connectivity index is 1.62. The first kappa shape index (κ1) is 18.9. The summed E-state index contributed by atoms with van der Waals surface area (Å²) in [4.78, 5) is 36.2. The van der Waals surface area contributed by atoms with Crippen LogP contribution in [-0.4, -0.2) is 64.6 Å². The third kappa shape index (κ3) is 4.85. The van der Waals surface area contributed by atoms with Gasteiger partial charge in [0.25, 0.3) is 5.91 Å². The molecule has 9 heteroatoms. The van der Waals surface area contributed by atoms with Gasteiger partial charge in [-0.15, -0.1) is 0 Å². The highest BCUT2D eigenvalue weighted by atomic mass is 35.5. The third-order valence-corrected chi connectivity index (χ3v) is 4.32. The topological polar surface area (TPSA) is 87.7 Å². The van der Waals surface area contributed by atoms with E-state index in [-0.39, 0.29) is 12.0 Å². The van der Waals surface area contributed by atoms with Gasteiger partial charge in [-0.1, -0.05) is 11.6 Å². The van der Waals surface area contributed by atoms with E-state index in [4.69, 9.17) is 16.3 Å². The van der Waals surface area contributed by atoms with E-state index in [1.54, 1.807) is 47.1 Å². The number of anilines is 2. The molecule has 2 heterocycles. The minimum absolute atomic E-state index is 0.194. The maximum absolute atomic E-state index is 12.7. The van der Waals surface area contributed by atoms with Gasteiger partial charge in [-0.05, 0) is 37.3 Å². The van der Waals surface area contributed by atoms with Crippen molar-refractivity contribution in [2.75, 3.05) is 38.1 Å².